The van der Waals surface area contributed by atoms with Gasteiger partial charge >= 0.3 is 6.09 Å². The zero-order valence-corrected chi connectivity index (χ0v) is 18.1. The highest BCUT2D eigenvalue weighted by atomic mass is 16.6. The van der Waals surface area contributed by atoms with E-state index in [-0.39, 0.29) is 12.5 Å². The number of rotatable bonds is 16. The zero-order chi connectivity index (χ0) is 20.4. The largest absolute Gasteiger partial charge is 0.444 e. The number of hydrogen-bond acceptors (Lipinski definition) is 4. The first kappa shape index (κ1) is 25.7. The van der Waals surface area contributed by atoms with E-state index in [0.717, 1.165) is 13.0 Å². The first-order chi connectivity index (χ1) is 12.8. The van der Waals surface area contributed by atoms with Crippen LogP contribution in [-0.4, -0.2) is 43.8 Å². The summed E-state index contributed by atoms with van der Waals surface area (Å²) < 4.78 is 5.13. The van der Waals surface area contributed by atoms with Crippen molar-refractivity contribution in [2.45, 2.75) is 97.5 Å². The first-order valence-corrected chi connectivity index (χ1v) is 10.8. The Balaban J connectivity index is 3.32. The Bertz CT molecular complexity index is 381. The second-order valence-electron chi connectivity index (χ2n) is 8.14. The van der Waals surface area contributed by atoms with E-state index in [9.17, 15) is 9.59 Å². The lowest BCUT2D eigenvalue weighted by Gasteiger charge is -2.19. The molecule has 0 aliphatic carbocycles. The van der Waals surface area contributed by atoms with Gasteiger partial charge in [-0.25, -0.2) is 4.79 Å². The van der Waals surface area contributed by atoms with Gasteiger partial charge in [0.15, 0.2) is 0 Å². The molecule has 0 aromatic rings. The quantitative estimate of drug-likeness (QED) is 0.349. The van der Waals surface area contributed by atoms with Gasteiger partial charge in [-0.2, -0.15) is 0 Å². The Labute approximate surface area is 166 Å². The molecule has 0 unspecified atom stereocenters. The number of nitrogens with one attached hydrogen (secondary N) is 3. The lowest BCUT2D eigenvalue weighted by atomic mass is 10.1. The number of amides is 2. The van der Waals surface area contributed by atoms with Crippen molar-refractivity contribution in [2.24, 2.45) is 0 Å². The summed E-state index contributed by atoms with van der Waals surface area (Å²) in [5, 5.41) is 8.58. The number of alkyl carbamates (subject to hydrolysis) is 1. The molecule has 0 aromatic carbocycles. The average Bonchev–Trinajstić information content (AvgIpc) is 2.57. The normalized spacial score (nSPS) is 11.3. The van der Waals surface area contributed by atoms with Crippen molar-refractivity contribution in [1.82, 2.24) is 16.0 Å². The lowest BCUT2D eigenvalue weighted by molar-refractivity contribution is -0.120. The van der Waals surface area contributed by atoms with Crippen LogP contribution in [0.15, 0.2) is 0 Å². The van der Waals surface area contributed by atoms with Crippen LogP contribution in [0, 0.1) is 0 Å². The highest BCUT2D eigenvalue weighted by Crippen LogP contribution is 2.10. The maximum Gasteiger partial charge on any atom is 0.407 e. The molecule has 0 saturated heterocycles. The molecule has 0 atom stereocenters. The van der Waals surface area contributed by atoms with Gasteiger partial charge in [0.05, 0.1) is 6.54 Å². The molecule has 0 rings (SSSR count). The fraction of sp³-hybridized carbons (Fsp3) is 0.905. The third-order valence-electron chi connectivity index (χ3n) is 4.11. The molecule has 3 N–H and O–H groups in total. The van der Waals surface area contributed by atoms with Gasteiger partial charge in [-0.15, -0.1) is 0 Å². The summed E-state index contributed by atoms with van der Waals surface area (Å²) in [7, 11) is 0. The number of ether oxygens (including phenoxy) is 1. The van der Waals surface area contributed by atoms with Crippen LogP contribution in [0.2, 0.25) is 0 Å². The Kier molecular flexibility index (Phi) is 16.0. The van der Waals surface area contributed by atoms with Gasteiger partial charge in [0.25, 0.3) is 0 Å². The molecule has 0 aliphatic rings. The third kappa shape index (κ3) is 20.9. The maximum absolute atomic E-state index is 11.7. The molecular formula is C21H43N3O3. The van der Waals surface area contributed by atoms with Crippen molar-refractivity contribution < 1.29 is 14.3 Å². The minimum atomic E-state index is -0.494. The van der Waals surface area contributed by atoms with Crippen molar-refractivity contribution in [3.05, 3.63) is 0 Å². The standard InChI is InChI=1S/C21H43N3O3/c1-5-6-7-8-9-10-11-12-13-14-15-23-19(25)18-22-16-17-24-20(26)27-21(2,3)4/h22H,5-18H2,1-4H3,(H,23,25)(H,24,26). The monoisotopic (exact) mass is 385 g/mol. The summed E-state index contributed by atoms with van der Waals surface area (Å²) in [5.41, 5.74) is -0.494. The highest BCUT2D eigenvalue weighted by Gasteiger charge is 2.15. The smallest absolute Gasteiger partial charge is 0.407 e. The molecule has 0 bridgehead atoms. The van der Waals surface area contributed by atoms with Crippen molar-refractivity contribution in [3.8, 4) is 0 Å². The highest BCUT2D eigenvalue weighted by molar-refractivity contribution is 5.77. The summed E-state index contributed by atoms with van der Waals surface area (Å²) in [5.74, 6) is 0.00296. The van der Waals surface area contributed by atoms with Gasteiger partial charge in [0.1, 0.15) is 5.60 Å². The Morgan fingerprint density at radius 1 is 0.741 bits per heavy atom. The van der Waals surface area contributed by atoms with Crippen LogP contribution < -0.4 is 16.0 Å². The van der Waals surface area contributed by atoms with Gasteiger partial charge in [0.2, 0.25) is 5.91 Å². The summed E-state index contributed by atoms with van der Waals surface area (Å²) in [6.07, 6.45) is 12.5. The van der Waals surface area contributed by atoms with Crippen LogP contribution in [0.5, 0.6) is 0 Å². The van der Waals surface area contributed by atoms with E-state index in [0.29, 0.717) is 13.1 Å². The molecule has 27 heavy (non-hydrogen) atoms. The Morgan fingerprint density at radius 2 is 1.30 bits per heavy atom. The predicted molar refractivity (Wildman–Crippen MR) is 112 cm³/mol. The van der Waals surface area contributed by atoms with Crippen molar-refractivity contribution in [3.63, 3.8) is 0 Å². The van der Waals surface area contributed by atoms with Crippen LogP contribution in [0.25, 0.3) is 0 Å². The number of unbranched alkanes of at least 4 members (excludes halogenated alkanes) is 9. The lowest BCUT2D eigenvalue weighted by Crippen LogP contribution is -2.39. The molecule has 0 aliphatic heterocycles. The van der Waals surface area contributed by atoms with Gasteiger partial charge in [-0.1, -0.05) is 64.7 Å². The topological polar surface area (TPSA) is 79.5 Å². The molecule has 0 radical (unpaired) electrons. The fourth-order valence-corrected chi connectivity index (χ4v) is 2.67. The van der Waals surface area contributed by atoms with Crippen molar-refractivity contribution in [1.29, 1.82) is 0 Å². The number of carbonyl (C=O) groups excluding carboxylic acids is 2. The second kappa shape index (κ2) is 16.8. The number of carbonyl (C=O) groups is 2. The van der Waals surface area contributed by atoms with Crippen LogP contribution >= 0.6 is 0 Å². The van der Waals surface area contributed by atoms with E-state index in [1.54, 1.807) is 0 Å². The second-order valence-corrected chi connectivity index (χ2v) is 8.14. The van der Waals surface area contributed by atoms with E-state index >= 15 is 0 Å². The molecule has 0 aromatic heterocycles. The molecule has 6 heteroatoms. The minimum absolute atomic E-state index is 0.00296. The summed E-state index contributed by atoms with van der Waals surface area (Å²) in [4.78, 5) is 23.1. The third-order valence-corrected chi connectivity index (χ3v) is 4.11. The molecule has 0 fully saturated rings. The van der Waals surface area contributed by atoms with Crippen LogP contribution in [-0.2, 0) is 9.53 Å². The minimum Gasteiger partial charge on any atom is -0.444 e. The molecule has 0 heterocycles. The van der Waals surface area contributed by atoms with Crippen molar-refractivity contribution in [2.75, 3.05) is 26.2 Å². The van der Waals surface area contributed by atoms with Gasteiger partial charge in [0, 0.05) is 19.6 Å². The maximum atomic E-state index is 11.7. The Hall–Kier alpha value is -1.30. The molecule has 0 saturated carbocycles. The number of hydrogen-bond donors (Lipinski definition) is 3. The summed E-state index contributed by atoms with van der Waals surface area (Å²) >= 11 is 0. The van der Waals surface area contributed by atoms with Crippen molar-refractivity contribution >= 4 is 12.0 Å². The Morgan fingerprint density at radius 3 is 1.85 bits per heavy atom. The van der Waals surface area contributed by atoms with Crippen LogP contribution in [0.1, 0.15) is 91.9 Å². The van der Waals surface area contributed by atoms with E-state index in [2.05, 4.69) is 22.9 Å². The van der Waals surface area contributed by atoms with E-state index < -0.39 is 11.7 Å². The molecule has 6 nitrogen and oxygen atoms in total. The zero-order valence-electron chi connectivity index (χ0n) is 18.1. The predicted octanol–water partition coefficient (Wildman–Crippen LogP) is 4.14. The van der Waals surface area contributed by atoms with E-state index in [1.807, 2.05) is 20.8 Å². The SMILES string of the molecule is CCCCCCCCCCCCNC(=O)CNCCNC(=O)OC(C)(C)C. The van der Waals surface area contributed by atoms with Crippen LogP contribution in [0.4, 0.5) is 4.79 Å². The molecule has 2 amide bonds. The van der Waals surface area contributed by atoms with Crippen LogP contribution in [0.3, 0.4) is 0 Å². The van der Waals surface area contributed by atoms with Gasteiger partial charge in [-0.05, 0) is 27.2 Å². The van der Waals surface area contributed by atoms with E-state index in [1.165, 1.54) is 57.8 Å². The molecule has 160 valence electrons. The van der Waals surface area contributed by atoms with Gasteiger partial charge < -0.3 is 20.7 Å². The van der Waals surface area contributed by atoms with Gasteiger partial charge in [-0.3, -0.25) is 4.79 Å². The summed E-state index contributed by atoms with van der Waals surface area (Å²) in [6.45, 7) is 9.70. The first-order valence-electron chi connectivity index (χ1n) is 10.8. The van der Waals surface area contributed by atoms with E-state index in [4.69, 9.17) is 4.74 Å². The fourth-order valence-electron chi connectivity index (χ4n) is 2.67. The summed E-state index contributed by atoms with van der Waals surface area (Å²) in [6, 6.07) is 0. The average molecular weight is 386 g/mol. The molecular weight excluding hydrogens is 342 g/mol. The molecule has 0 spiro atoms.